The summed E-state index contributed by atoms with van der Waals surface area (Å²) in [6.07, 6.45) is 6.67. The highest BCUT2D eigenvalue weighted by atomic mass is 16.5. The molecule has 0 unspecified atom stereocenters. The van der Waals surface area contributed by atoms with Gasteiger partial charge in [-0.1, -0.05) is 81.3 Å². The molecule has 0 radical (unpaired) electrons. The van der Waals surface area contributed by atoms with E-state index in [0.717, 1.165) is 36.8 Å². The van der Waals surface area contributed by atoms with Crippen molar-refractivity contribution in [2.75, 3.05) is 6.61 Å². The molecule has 6 nitrogen and oxygen atoms in total. The van der Waals surface area contributed by atoms with E-state index in [0.29, 0.717) is 17.7 Å². The maximum atomic E-state index is 13.2. The lowest BCUT2D eigenvalue weighted by Crippen LogP contribution is -2.35. The summed E-state index contributed by atoms with van der Waals surface area (Å²) in [5, 5.41) is 0. The van der Waals surface area contributed by atoms with Gasteiger partial charge in [0.05, 0.1) is 12.0 Å². The third-order valence-electron chi connectivity index (χ3n) is 6.73. The number of carbonyl (C=O) groups is 2. The first kappa shape index (κ1) is 25.4. The molecule has 1 saturated carbocycles. The lowest BCUT2D eigenvalue weighted by molar-refractivity contribution is -0.151. The first-order valence-electron chi connectivity index (χ1n) is 12.5. The quantitative estimate of drug-likeness (QED) is 0.397. The number of carbonyl (C=O) groups excluding carboxylic acids is 2. The molecule has 6 heteroatoms. The summed E-state index contributed by atoms with van der Waals surface area (Å²) in [4.78, 5) is 39.1. The minimum atomic E-state index is -0.657. The Balaban J connectivity index is 1.58. The van der Waals surface area contributed by atoms with Gasteiger partial charge < -0.3 is 14.0 Å². The predicted molar refractivity (Wildman–Crippen MR) is 139 cm³/mol. The molecular weight excluding hydrogens is 454 g/mol. The fourth-order valence-electron chi connectivity index (χ4n) is 4.80. The highest BCUT2D eigenvalue weighted by molar-refractivity contribution is 5.90. The molecule has 0 bridgehead atoms. The van der Waals surface area contributed by atoms with E-state index in [1.54, 1.807) is 17.8 Å². The Hall–Kier alpha value is -3.67. The van der Waals surface area contributed by atoms with Crippen LogP contribution < -0.4 is 5.43 Å². The predicted octanol–water partition coefficient (Wildman–Crippen LogP) is 5.42. The molecule has 0 spiro atoms. The zero-order valence-corrected chi connectivity index (χ0v) is 21.2. The number of nitrogens with zero attached hydrogens (tertiary/aromatic N) is 1. The Labute approximate surface area is 211 Å². The second-order valence-electron chi connectivity index (χ2n) is 10.0. The highest BCUT2D eigenvalue weighted by Crippen LogP contribution is 2.42. The van der Waals surface area contributed by atoms with Gasteiger partial charge in [0.2, 0.25) is 5.43 Å². The molecule has 0 atom stereocenters. The minimum absolute atomic E-state index is 0.0143. The largest absolute Gasteiger partial charge is 0.465 e. The zero-order chi connectivity index (χ0) is 25.7. The van der Waals surface area contributed by atoms with Crippen LogP contribution >= 0.6 is 0 Å². The van der Waals surface area contributed by atoms with Crippen LogP contribution in [0.1, 0.15) is 61.0 Å². The van der Waals surface area contributed by atoms with Gasteiger partial charge in [0, 0.05) is 25.0 Å². The van der Waals surface area contributed by atoms with Crippen LogP contribution in [-0.2, 0) is 33.3 Å². The first-order valence-corrected chi connectivity index (χ1v) is 12.5. The standard InChI is InChI=1S/C30H33NO5/c1-21(2)19-36-29(34)30(15-7-8-16-30)24-13-11-23(12-14-24)25-17-31(3)18-26(27(25)32)28(33)35-20-22-9-5-4-6-10-22/h4-6,9-14,17-18,21H,7-8,15-16,19-20H2,1-3H3. The summed E-state index contributed by atoms with van der Waals surface area (Å²) in [5.41, 5.74) is 1.81. The van der Waals surface area contributed by atoms with E-state index in [4.69, 9.17) is 9.47 Å². The van der Waals surface area contributed by atoms with Crippen LogP contribution in [0.3, 0.4) is 0 Å². The molecule has 0 aliphatic heterocycles. The van der Waals surface area contributed by atoms with E-state index < -0.39 is 11.4 Å². The van der Waals surface area contributed by atoms with Crippen molar-refractivity contribution in [3.63, 3.8) is 0 Å². The molecule has 1 aliphatic rings. The van der Waals surface area contributed by atoms with E-state index in [1.165, 1.54) is 6.20 Å². The molecule has 1 aromatic heterocycles. The average Bonchev–Trinajstić information content (AvgIpc) is 3.39. The molecule has 1 heterocycles. The number of hydrogen-bond acceptors (Lipinski definition) is 5. The highest BCUT2D eigenvalue weighted by Gasteiger charge is 2.44. The number of esters is 2. The molecular formula is C30H33NO5. The molecule has 0 amide bonds. The van der Waals surface area contributed by atoms with Crippen molar-refractivity contribution in [3.8, 4) is 11.1 Å². The van der Waals surface area contributed by atoms with Crippen LogP contribution in [0.15, 0.2) is 71.8 Å². The Morgan fingerprint density at radius 1 is 0.944 bits per heavy atom. The number of rotatable bonds is 8. The van der Waals surface area contributed by atoms with Crippen molar-refractivity contribution in [3.05, 3.63) is 93.9 Å². The van der Waals surface area contributed by atoms with Crippen LogP contribution in [0.2, 0.25) is 0 Å². The Morgan fingerprint density at radius 3 is 2.25 bits per heavy atom. The smallest absolute Gasteiger partial charge is 0.343 e. The zero-order valence-electron chi connectivity index (χ0n) is 21.2. The number of pyridine rings is 1. The Kier molecular flexibility index (Phi) is 7.73. The van der Waals surface area contributed by atoms with E-state index in [9.17, 15) is 14.4 Å². The van der Waals surface area contributed by atoms with Gasteiger partial charge in [-0.2, -0.15) is 0 Å². The summed E-state index contributed by atoms with van der Waals surface area (Å²) in [7, 11) is 1.77. The fourth-order valence-corrected chi connectivity index (χ4v) is 4.80. The van der Waals surface area contributed by atoms with E-state index >= 15 is 0 Å². The normalized spacial score (nSPS) is 14.6. The van der Waals surface area contributed by atoms with Gasteiger partial charge >= 0.3 is 11.9 Å². The Bertz CT molecular complexity index is 1270. The maximum absolute atomic E-state index is 13.2. The molecule has 0 saturated heterocycles. The van der Waals surface area contributed by atoms with E-state index in [2.05, 4.69) is 0 Å². The SMILES string of the molecule is CC(C)COC(=O)C1(c2ccc(-c3cn(C)cc(C(=O)OCc4ccccc4)c3=O)cc2)CCCC1. The fraction of sp³-hybridized carbons (Fsp3) is 0.367. The van der Waals surface area contributed by atoms with Gasteiger partial charge in [0.25, 0.3) is 0 Å². The summed E-state index contributed by atoms with van der Waals surface area (Å²) in [6, 6.07) is 16.9. The van der Waals surface area contributed by atoms with Gasteiger partial charge in [-0.15, -0.1) is 0 Å². The van der Waals surface area contributed by atoms with Crippen molar-refractivity contribution in [2.45, 2.75) is 51.6 Å². The van der Waals surface area contributed by atoms with Gasteiger partial charge in [-0.25, -0.2) is 4.79 Å². The third-order valence-corrected chi connectivity index (χ3v) is 6.73. The minimum Gasteiger partial charge on any atom is -0.465 e. The maximum Gasteiger partial charge on any atom is 0.343 e. The van der Waals surface area contributed by atoms with Gasteiger partial charge in [0.15, 0.2) is 0 Å². The molecule has 0 N–H and O–H groups in total. The summed E-state index contributed by atoms with van der Waals surface area (Å²) < 4.78 is 12.7. The molecule has 3 aromatic rings. The van der Waals surface area contributed by atoms with Crippen molar-refractivity contribution in [1.29, 1.82) is 0 Å². The molecule has 36 heavy (non-hydrogen) atoms. The molecule has 2 aromatic carbocycles. The number of ether oxygens (including phenoxy) is 2. The number of aryl methyl sites for hydroxylation is 1. The van der Waals surface area contributed by atoms with Crippen molar-refractivity contribution in [2.24, 2.45) is 13.0 Å². The van der Waals surface area contributed by atoms with Crippen molar-refractivity contribution < 1.29 is 19.1 Å². The summed E-state index contributed by atoms with van der Waals surface area (Å²) in [6.45, 7) is 4.55. The lowest BCUT2D eigenvalue weighted by atomic mass is 9.78. The van der Waals surface area contributed by atoms with Crippen molar-refractivity contribution >= 4 is 11.9 Å². The lowest BCUT2D eigenvalue weighted by Gasteiger charge is -2.28. The van der Waals surface area contributed by atoms with Crippen LogP contribution in [0.4, 0.5) is 0 Å². The topological polar surface area (TPSA) is 74.6 Å². The van der Waals surface area contributed by atoms with Crippen LogP contribution in [0.5, 0.6) is 0 Å². The average molecular weight is 488 g/mol. The second-order valence-corrected chi connectivity index (χ2v) is 10.0. The van der Waals surface area contributed by atoms with Gasteiger partial charge in [0.1, 0.15) is 12.2 Å². The van der Waals surface area contributed by atoms with Crippen molar-refractivity contribution in [1.82, 2.24) is 4.57 Å². The number of hydrogen-bond donors (Lipinski definition) is 0. The van der Waals surface area contributed by atoms with E-state index in [1.807, 2.05) is 68.4 Å². The molecule has 1 aliphatic carbocycles. The Morgan fingerprint density at radius 2 is 1.61 bits per heavy atom. The third kappa shape index (κ3) is 5.43. The monoisotopic (exact) mass is 487 g/mol. The molecule has 1 fully saturated rings. The number of benzene rings is 2. The first-order chi connectivity index (χ1) is 17.3. The molecule has 188 valence electrons. The van der Waals surface area contributed by atoms with Crippen LogP contribution in [0, 0.1) is 5.92 Å². The molecule has 4 rings (SSSR count). The van der Waals surface area contributed by atoms with Gasteiger partial charge in [-0.05, 0) is 35.4 Å². The summed E-state index contributed by atoms with van der Waals surface area (Å²) in [5.74, 6) is -0.547. The number of aromatic nitrogens is 1. The second kappa shape index (κ2) is 10.9. The van der Waals surface area contributed by atoms with Crippen LogP contribution in [0.25, 0.3) is 11.1 Å². The van der Waals surface area contributed by atoms with E-state index in [-0.39, 0.29) is 29.5 Å². The van der Waals surface area contributed by atoms with Crippen LogP contribution in [-0.4, -0.2) is 23.1 Å². The summed E-state index contributed by atoms with van der Waals surface area (Å²) >= 11 is 0. The van der Waals surface area contributed by atoms with Gasteiger partial charge in [-0.3, -0.25) is 9.59 Å².